The van der Waals surface area contributed by atoms with Crippen molar-refractivity contribution >= 4 is 5.91 Å². The highest BCUT2D eigenvalue weighted by Gasteiger charge is 2.31. The SMILES string of the molecule is COc1ccccc1C(=O)NCCn1nc(-c2cccc(C(F)(F)F)c2)n(C)c1=O. The number of carbonyl (C=O) groups excluding carboxylic acids is 1. The van der Waals surface area contributed by atoms with Crippen molar-refractivity contribution in [1.29, 1.82) is 0 Å². The highest BCUT2D eigenvalue weighted by Crippen LogP contribution is 2.31. The Bertz CT molecular complexity index is 1120. The molecule has 3 rings (SSSR count). The number of aromatic nitrogens is 3. The fraction of sp³-hybridized carbons (Fsp3) is 0.250. The molecular weight excluding hydrogens is 401 g/mol. The molecule has 2 aromatic carbocycles. The van der Waals surface area contributed by atoms with Crippen LogP contribution in [0.1, 0.15) is 15.9 Å². The molecule has 7 nitrogen and oxygen atoms in total. The first-order valence-corrected chi connectivity index (χ1v) is 8.95. The third-order valence-corrected chi connectivity index (χ3v) is 4.45. The molecular formula is C20H19F3N4O3. The molecule has 0 spiro atoms. The Hall–Kier alpha value is -3.56. The van der Waals surface area contributed by atoms with Crippen LogP contribution in [0.25, 0.3) is 11.4 Å². The number of hydrogen-bond acceptors (Lipinski definition) is 4. The Morgan fingerprint density at radius 1 is 1.17 bits per heavy atom. The lowest BCUT2D eigenvalue weighted by molar-refractivity contribution is -0.137. The van der Waals surface area contributed by atoms with Gasteiger partial charge in [0, 0.05) is 19.2 Å². The van der Waals surface area contributed by atoms with Gasteiger partial charge in [0.1, 0.15) is 5.75 Å². The number of nitrogens with one attached hydrogen (secondary N) is 1. The van der Waals surface area contributed by atoms with Crippen molar-refractivity contribution in [1.82, 2.24) is 19.7 Å². The van der Waals surface area contributed by atoms with E-state index in [4.69, 9.17) is 4.74 Å². The molecule has 10 heteroatoms. The first-order chi connectivity index (χ1) is 14.2. The van der Waals surface area contributed by atoms with Gasteiger partial charge in [0.2, 0.25) is 0 Å². The van der Waals surface area contributed by atoms with Crippen LogP contribution in [0.3, 0.4) is 0 Å². The number of rotatable bonds is 6. The molecule has 1 N–H and O–H groups in total. The van der Waals surface area contributed by atoms with Crippen LogP contribution in [-0.2, 0) is 19.8 Å². The van der Waals surface area contributed by atoms with Gasteiger partial charge >= 0.3 is 11.9 Å². The molecule has 0 fully saturated rings. The molecule has 158 valence electrons. The minimum absolute atomic E-state index is 0.0481. The van der Waals surface area contributed by atoms with Crippen molar-refractivity contribution in [3.63, 3.8) is 0 Å². The van der Waals surface area contributed by atoms with E-state index in [9.17, 15) is 22.8 Å². The number of alkyl halides is 3. The highest BCUT2D eigenvalue weighted by molar-refractivity contribution is 5.96. The van der Waals surface area contributed by atoms with Gasteiger partial charge in [-0.05, 0) is 24.3 Å². The molecule has 0 saturated heterocycles. The Kier molecular flexibility index (Phi) is 5.95. The molecule has 1 heterocycles. The Morgan fingerprint density at radius 2 is 1.90 bits per heavy atom. The van der Waals surface area contributed by atoms with Crippen LogP contribution in [0.2, 0.25) is 0 Å². The first-order valence-electron chi connectivity index (χ1n) is 8.95. The first kappa shape index (κ1) is 21.2. The van der Waals surface area contributed by atoms with Gasteiger partial charge < -0.3 is 10.1 Å². The van der Waals surface area contributed by atoms with Crippen LogP contribution in [0.4, 0.5) is 13.2 Å². The number of halogens is 3. The number of nitrogens with zero attached hydrogens (tertiary/aromatic N) is 3. The lowest BCUT2D eigenvalue weighted by Gasteiger charge is -2.08. The second-order valence-electron chi connectivity index (χ2n) is 6.42. The van der Waals surface area contributed by atoms with Gasteiger partial charge in [0.15, 0.2) is 5.82 Å². The molecule has 0 aliphatic rings. The molecule has 30 heavy (non-hydrogen) atoms. The smallest absolute Gasteiger partial charge is 0.416 e. The number of methoxy groups -OCH3 is 1. The maximum atomic E-state index is 13.0. The van der Waals surface area contributed by atoms with Gasteiger partial charge in [-0.15, -0.1) is 5.10 Å². The highest BCUT2D eigenvalue weighted by atomic mass is 19.4. The minimum atomic E-state index is -4.50. The van der Waals surface area contributed by atoms with E-state index < -0.39 is 17.4 Å². The Labute approximate surface area is 169 Å². The summed E-state index contributed by atoms with van der Waals surface area (Å²) in [4.78, 5) is 24.7. The number of ether oxygens (including phenoxy) is 1. The second-order valence-corrected chi connectivity index (χ2v) is 6.42. The maximum absolute atomic E-state index is 13.0. The largest absolute Gasteiger partial charge is 0.496 e. The van der Waals surface area contributed by atoms with Gasteiger partial charge in [-0.1, -0.05) is 24.3 Å². The van der Waals surface area contributed by atoms with Crippen LogP contribution in [0.5, 0.6) is 5.75 Å². The molecule has 0 saturated carbocycles. The predicted molar refractivity (Wildman–Crippen MR) is 103 cm³/mol. The summed E-state index contributed by atoms with van der Waals surface area (Å²) in [6.07, 6.45) is -4.50. The molecule has 0 atom stereocenters. The van der Waals surface area contributed by atoms with Crippen LogP contribution < -0.4 is 15.7 Å². The van der Waals surface area contributed by atoms with Crippen LogP contribution in [-0.4, -0.2) is 33.9 Å². The average molecular weight is 420 g/mol. The molecule has 1 amide bonds. The maximum Gasteiger partial charge on any atom is 0.416 e. The van der Waals surface area contributed by atoms with Crippen molar-refractivity contribution in [2.45, 2.75) is 12.7 Å². The second kappa shape index (κ2) is 8.44. The molecule has 0 unspecified atom stereocenters. The summed E-state index contributed by atoms with van der Waals surface area (Å²) in [6.45, 7) is 0.141. The zero-order chi connectivity index (χ0) is 21.9. The summed E-state index contributed by atoms with van der Waals surface area (Å²) >= 11 is 0. The average Bonchev–Trinajstić information content (AvgIpc) is 3.01. The van der Waals surface area contributed by atoms with E-state index in [0.29, 0.717) is 11.3 Å². The van der Waals surface area contributed by atoms with Crippen molar-refractivity contribution in [3.8, 4) is 17.1 Å². The van der Waals surface area contributed by atoms with Gasteiger partial charge in [-0.2, -0.15) is 13.2 Å². The van der Waals surface area contributed by atoms with E-state index in [2.05, 4.69) is 10.4 Å². The summed E-state index contributed by atoms with van der Waals surface area (Å²) in [5, 5.41) is 6.80. The third kappa shape index (κ3) is 4.37. The summed E-state index contributed by atoms with van der Waals surface area (Å²) in [7, 11) is 2.88. The number of hydrogen-bond donors (Lipinski definition) is 1. The van der Waals surface area contributed by atoms with Gasteiger partial charge in [-0.25, -0.2) is 9.48 Å². The Morgan fingerprint density at radius 3 is 2.60 bits per heavy atom. The number of para-hydroxylation sites is 1. The fourth-order valence-corrected chi connectivity index (χ4v) is 2.92. The lowest BCUT2D eigenvalue weighted by Crippen LogP contribution is -2.31. The van der Waals surface area contributed by atoms with Crippen LogP contribution in [0, 0.1) is 0 Å². The minimum Gasteiger partial charge on any atom is -0.496 e. The normalized spacial score (nSPS) is 11.4. The monoisotopic (exact) mass is 420 g/mol. The summed E-state index contributed by atoms with van der Waals surface area (Å²) in [6, 6.07) is 11.3. The van der Waals surface area contributed by atoms with Gasteiger partial charge in [0.25, 0.3) is 5.91 Å². The number of benzene rings is 2. The van der Waals surface area contributed by atoms with E-state index in [0.717, 1.165) is 21.4 Å². The molecule has 0 bridgehead atoms. The van der Waals surface area contributed by atoms with E-state index in [1.54, 1.807) is 24.3 Å². The van der Waals surface area contributed by atoms with Crippen molar-refractivity contribution in [3.05, 3.63) is 70.1 Å². The van der Waals surface area contributed by atoms with E-state index >= 15 is 0 Å². The summed E-state index contributed by atoms with van der Waals surface area (Å²) in [5.41, 5.74) is -0.820. The van der Waals surface area contributed by atoms with E-state index in [-0.39, 0.29) is 30.4 Å². The standard InChI is InChI=1S/C20H19F3N4O3/c1-26-17(13-6-5-7-14(12-13)20(21,22)23)25-27(19(26)29)11-10-24-18(28)15-8-3-4-9-16(15)30-2/h3-9,12H,10-11H2,1-2H3,(H,24,28). The van der Waals surface area contributed by atoms with Crippen LogP contribution in [0.15, 0.2) is 53.3 Å². The topological polar surface area (TPSA) is 78.2 Å². The number of amides is 1. The Balaban J connectivity index is 1.75. The van der Waals surface area contributed by atoms with Crippen molar-refractivity contribution < 1.29 is 22.7 Å². The third-order valence-electron chi connectivity index (χ3n) is 4.45. The molecule has 0 radical (unpaired) electrons. The summed E-state index contributed by atoms with van der Waals surface area (Å²) < 4.78 is 46.3. The lowest BCUT2D eigenvalue weighted by atomic mass is 10.1. The van der Waals surface area contributed by atoms with Crippen molar-refractivity contribution in [2.24, 2.45) is 7.05 Å². The molecule has 3 aromatic rings. The molecule has 0 aliphatic carbocycles. The van der Waals surface area contributed by atoms with E-state index in [1.807, 2.05) is 0 Å². The zero-order valence-electron chi connectivity index (χ0n) is 16.2. The predicted octanol–water partition coefficient (Wildman–Crippen LogP) is 2.71. The molecule has 0 aliphatic heterocycles. The van der Waals surface area contributed by atoms with Crippen molar-refractivity contribution in [2.75, 3.05) is 13.7 Å². The summed E-state index contributed by atoms with van der Waals surface area (Å²) in [5.74, 6) is 0.133. The van der Waals surface area contributed by atoms with E-state index in [1.165, 1.54) is 26.3 Å². The van der Waals surface area contributed by atoms with Gasteiger partial charge in [-0.3, -0.25) is 9.36 Å². The fourth-order valence-electron chi connectivity index (χ4n) is 2.92. The number of carbonyl (C=O) groups is 1. The van der Waals surface area contributed by atoms with Gasteiger partial charge in [0.05, 0.1) is 24.8 Å². The van der Waals surface area contributed by atoms with Crippen LogP contribution >= 0.6 is 0 Å². The quantitative estimate of drug-likeness (QED) is 0.665. The molecule has 1 aromatic heterocycles. The zero-order valence-corrected chi connectivity index (χ0v) is 16.2.